The Morgan fingerprint density at radius 3 is 1.78 bits per heavy atom. The van der Waals surface area contributed by atoms with Crippen LogP contribution >= 0.6 is 0 Å². The molecule has 0 bridgehead atoms. The highest BCUT2D eigenvalue weighted by molar-refractivity contribution is 6.05. The van der Waals surface area contributed by atoms with Crippen LogP contribution in [-0.4, -0.2) is 9.97 Å². The summed E-state index contributed by atoms with van der Waals surface area (Å²) in [7, 11) is 0. The quantitative estimate of drug-likeness (QED) is 0.190. The Hall–Kier alpha value is -6.12. The van der Waals surface area contributed by atoms with Gasteiger partial charge in [-0.2, -0.15) is 0 Å². The van der Waals surface area contributed by atoms with Gasteiger partial charge in [0, 0.05) is 22.1 Å². The number of hydrogen-bond donors (Lipinski definition) is 0. The Balaban J connectivity index is 1.23. The average Bonchev–Trinajstić information content (AvgIpc) is 3.42. The van der Waals surface area contributed by atoms with Crippen molar-refractivity contribution in [2.24, 2.45) is 0 Å². The van der Waals surface area contributed by atoms with Gasteiger partial charge < -0.3 is 0 Å². The zero-order valence-electron chi connectivity index (χ0n) is 27.6. The van der Waals surface area contributed by atoms with Crippen molar-refractivity contribution in [2.45, 2.75) is 19.3 Å². The fourth-order valence-electron chi connectivity index (χ4n) is 7.68. The number of aromatic nitrogens is 2. The summed E-state index contributed by atoms with van der Waals surface area (Å²) < 4.78 is 0. The molecule has 232 valence electrons. The van der Waals surface area contributed by atoms with Gasteiger partial charge in [0.2, 0.25) is 0 Å². The second kappa shape index (κ2) is 11.5. The molecule has 1 aromatic heterocycles. The van der Waals surface area contributed by atoms with Gasteiger partial charge in [0.05, 0.1) is 11.4 Å². The van der Waals surface area contributed by atoms with E-state index in [-0.39, 0.29) is 5.41 Å². The third-order valence-electron chi connectivity index (χ3n) is 10.0. The molecule has 2 nitrogen and oxygen atoms in total. The van der Waals surface area contributed by atoms with Crippen molar-refractivity contribution in [3.63, 3.8) is 0 Å². The van der Waals surface area contributed by atoms with Crippen molar-refractivity contribution < 1.29 is 0 Å². The van der Waals surface area contributed by atoms with Gasteiger partial charge in [0.25, 0.3) is 0 Å². The van der Waals surface area contributed by atoms with E-state index in [9.17, 15) is 0 Å². The van der Waals surface area contributed by atoms with Crippen LogP contribution in [0.4, 0.5) is 0 Å². The summed E-state index contributed by atoms with van der Waals surface area (Å²) in [6.07, 6.45) is 0. The van der Waals surface area contributed by atoms with Crippen LogP contribution in [0.15, 0.2) is 170 Å². The molecule has 1 heterocycles. The van der Waals surface area contributed by atoms with Crippen molar-refractivity contribution in [3.05, 3.63) is 181 Å². The molecular weight excluding hydrogens is 593 g/mol. The number of benzene rings is 7. The predicted molar refractivity (Wildman–Crippen MR) is 204 cm³/mol. The van der Waals surface area contributed by atoms with Crippen LogP contribution in [0.5, 0.6) is 0 Å². The van der Waals surface area contributed by atoms with Crippen molar-refractivity contribution in [1.82, 2.24) is 9.97 Å². The molecule has 1 aliphatic carbocycles. The first-order valence-electron chi connectivity index (χ1n) is 16.9. The molecule has 2 heteroatoms. The molecule has 7 aromatic carbocycles. The van der Waals surface area contributed by atoms with E-state index in [0.717, 1.165) is 39.2 Å². The highest BCUT2D eigenvalue weighted by Gasteiger charge is 2.38. The van der Waals surface area contributed by atoms with E-state index < -0.39 is 0 Å². The molecule has 0 N–H and O–H groups in total. The summed E-state index contributed by atoms with van der Waals surface area (Å²) in [6, 6.07) is 60.5. The minimum atomic E-state index is -0.116. The highest BCUT2D eigenvalue weighted by atomic mass is 14.9. The lowest BCUT2D eigenvalue weighted by molar-refractivity contribution is 0.666. The van der Waals surface area contributed by atoms with Crippen LogP contribution in [-0.2, 0) is 5.41 Å². The topological polar surface area (TPSA) is 25.8 Å². The Bertz CT molecular complexity index is 2510. The minimum absolute atomic E-state index is 0.116. The standard InChI is InChI=1S/C47H34N2/c1-47(2)41-26-12-11-25-39(41)44-40(29-35-19-9-10-24-38(35)45(44)47)34-21-14-23-37(28-34)46-48-42(32-17-7-4-8-18-32)30-43(49-46)36-22-13-20-33(27-36)31-15-5-3-6-16-31/h3-30H,1-2H3. The fraction of sp³-hybridized carbons (Fsp3) is 0.0638. The van der Waals surface area contributed by atoms with E-state index in [1.807, 2.05) is 6.07 Å². The van der Waals surface area contributed by atoms with Gasteiger partial charge in [-0.05, 0) is 79.5 Å². The molecule has 49 heavy (non-hydrogen) atoms. The predicted octanol–water partition coefficient (Wildman–Crippen LogP) is 12.3. The second-order valence-electron chi connectivity index (χ2n) is 13.4. The lowest BCUT2D eigenvalue weighted by Gasteiger charge is -2.24. The van der Waals surface area contributed by atoms with E-state index in [1.54, 1.807) is 0 Å². The maximum Gasteiger partial charge on any atom is 0.160 e. The fourth-order valence-corrected chi connectivity index (χ4v) is 7.68. The zero-order chi connectivity index (χ0) is 33.0. The monoisotopic (exact) mass is 626 g/mol. The number of nitrogens with zero attached hydrogens (tertiary/aromatic N) is 2. The molecule has 1 aliphatic rings. The summed E-state index contributed by atoms with van der Waals surface area (Å²) in [5.41, 5.74) is 15.0. The van der Waals surface area contributed by atoms with Crippen molar-refractivity contribution in [1.29, 1.82) is 0 Å². The molecule has 0 unspecified atom stereocenters. The number of rotatable bonds is 5. The smallest absolute Gasteiger partial charge is 0.160 e. The van der Waals surface area contributed by atoms with Crippen LogP contribution in [0, 0.1) is 0 Å². The molecule has 0 saturated carbocycles. The lowest BCUT2D eigenvalue weighted by atomic mass is 9.79. The van der Waals surface area contributed by atoms with Crippen molar-refractivity contribution >= 4 is 10.8 Å². The average molecular weight is 627 g/mol. The van der Waals surface area contributed by atoms with Gasteiger partial charge in [-0.15, -0.1) is 0 Å². The summed E-state index contributed by atoms with van der Waals surface area (Å²) >= 11 is 0. The largest absolute Gasteiger partial charge is 0.228 e. The van der Waals surface area contributed by atoms with Gasteiger partial charge in [-0.3, -0.25) is 0 Å². The van der Waals surface area contributed by atoms with Crippen molar-refractivity contribution in [2.75, 3.05) is 0 Å². The maximum atomic E-state index is 5.24. The number of hydrogen-bond acceptors (Lipinski definition) is 2. The Morgan fingerprint density at radius 1 is 0.408 bits per heavy atom. The van der Waals surface area contributed by atoms with Crippen LogP contribution in [0.3, 0.4) is 0 Å². The summed E-state index contributed by atoms with van der Waals surface area (Å²) in [4.78, 5) is 10.4. The van der Waals surface area contributed by atoms with Gasteiger partial charge in [-0.1, -0.05) is 159 Å². The van der Waals surface area contributed by atoms with Crippen LogP contribution in [0.2, 0.25) is 0 Å². The molecule has 0 fully saturated rings. The summed E-state index contributed by atoms with van der Waals surface area (Å²) in [6.45, 7) is 4.73. The van der Waals surface area contributed by atoms with Crippen LogP contribution in [0.1, 0.15) is 25.0 Å². The van der Waals surface area contributed by atoms with Crippen LogP contribution < -0.4 is 0 Å². The first-order valence-corrected chi connectivity index (χ1v) is 16.9. The number of fused-ring (bicyclic) bond motifs is 5. The zero-order valence-corrected chi connectivity index (χ0v) is 27.6. The van der Waals surface area contributed by atoms with E-state index in [4.69, 9.17) is 9.97 Å². The highest BCUT2D eigenvalue weighted by Crippen LogP contribution is 2.54. The summed E-state index contributed by atoms with van der Waals surface area (Å²) in [5, 5.41) is 2.57. The van der Waals surface area contributed by atoms with E-state index in [1.165, 1.54) is 44.2 Å². The van der Waals surface area contributed by atoms with Crippen molar-refractivity contribution in [3.8, 4) is 67.3 Å². The Morgan fingerprint density at radius 2 is 0.980 bits per heavy atom. The van der Waals surface area contributed by atoms with Gasteiger partial charge >= 0.3 is 0 Å². The van der Waals surface area contributed by atoms with Crippen LogP contribution in [0.25, 0.3) is 78.1 Å². The second-order valence-corrected chi connectivity index (χ2v) is 13.4. The van der Waals surface area contributed by atoms with E-state index in [0.29, 0.717) is 5.82 Å². The Kier molecular flexibility index (Phi) is 6.84. The normalized spacial score (nSPS) is 12.9. The SMILES string of the molecule is CC1(C)c2ccccc2-c2c(-c3cccc(-c4nc(-c5ccccc5)cc(-c5cccc(-c6ccccc6)c5)n4)c3)cc3ccccc3c21. The molecule has 0 amide bonds. The molecule has 9 rings (SSSR count). The third-order valence-corrected chi connectivity index (χ3v) is 10.0. The lowest BCUT2D eigenvalue weighted by Crippen LogP contribution is -2.15. The molecule has 0 spiro atoms. The summed E-state index contributed by atoms with van der Waals surface area (Å²) in [5.74, 6) is 0.710. The molecule has 0 radical (unpaired) electrons. The Labute approximate surface area is 287 Å². The van der Waals surface area contributed by atoms with Gasteiger partial charge in [0.15, 0.2) is 5.82 Å². The minimum Gasteiger partial charge on any atom is -0.228 e. The molecule has 0 saturated heterocycles. The maximum absolute atomic E-state index is 5.24. The third kappa shape index (κ3) is 4.96. The van der Waals surface area contributed by atoms with E-state index in [2.05, 4.69) is 178 Å². The molecule has 0 atom stereocenters. The molecule has 0 aliphatic heterocycles. The molecular formula is C47H34N2. The van der Waals surface area contributed by atoms with Gasteiger partial charge in [0.1, 0.15) is 0 Å². The molecule has 8 aromatic rings. The van der Waals surface area contributed by atoms with E-state index >= 15 is 0 Å². The van der Waals surface area contributed by atoms with Gasteiger partial charge in [-0.25, -0.2) is 9.97 Å². The first kappa shape index (κ1) is 29.1. The first-order chi connectivity index (χ1) is 24.0.